The van der Waals surface area contributed by atoms with Gasteiger partial charge in [-0.25, -0.2) is 0 Å². The van der Waals surface area contributed by atoms with Crippen molar-refractivity contribution in [3.8, 4) is 0 Å². The molecule has 26 heavy (non-hydrogen) atoms. The number of rotatable bonds is 7. The van der Waals surface area contributed by atoms with Crippen molar-refractivity contribution in [3.63, 3.8) is 0 Å². The predicted octanol–water partition coefficient (Wildman–Crippen LogP) is 4.61. The van der Waals surface area contributed by atoms with Crippen LogP contribution in [-0.2, 0) is 21.7 Å². The van der Waals surface area contributed by atoms with E-state index >= 15 is 0 Å². The maximum atomic E-state index is 13.5. The fourth-order valence-corrected chi connectivity index (χ4v) is 3.18. The third-order valence-electron chi connectivity index (χ3n) is 4.53. The molecule has 3 aromatic rings. The van der Waals surface area contributed by atoms with Gasteiger partial charge >= 0.3 is 0 Å². The topological polar surface area (TPSA) is 35.5 Å². The Bertz CT molecular complexity index is 853. The molecule has 3 rings (SSSR count). The first-order valence-electron chi connectivity index (χ1n) is 8.53. The number of hydrogen-bond donors (Lipinski definition) is 0. The Labute approximate surface area is 154 Å². The molecule has 0 saturated carbocycles. The number of ether oxygens (including phenoxy) is 2. The molecule has 0 amide bonds. The van der Waals surface area contributed by atoms with Crippen LogP contribution < -0.4 is 0 Å². The Hall–Kier alpha value is -2.75. The standard InChI is InChI=1S/C23H22O3/c1-25-23(26-2,20-14-7-4-8-15-20)22(24)21-16-10-9-13-19(21)17-18-11-5-3-6-12-18/h3-16H,17H2,1-2H3. The maximum absolute atomic E-state index is 13.5. The number of carbonyl (C=O) groups is 1. The van der Waals surface area contributed by atoms with E-state index < -0.39 is 5.79 Å². The normalized spacial score (nSPS) is 11.3. The van der Waals surface area contributed by atoms with Crippen LogP contribution in [0.2, 0.25) is 0 Å². The molecule has 3 aromatic carbocycles. The zero-order chi connectivity index (χ0) is 18.4. The number of hydrogen-bond acceptors (Lipinski definition) is 3. The van der Waals surface area contributed by atoms with Crippen molar-refractivity contribution in [2.75, 3.05) is 14.2 Å². The highest BCUT2D eigenvalue weighted by Gasteiger charge is 2.42. The van der Waals surface area contributed by atoms with Crippen molar-refractivity contribution in [3.05, 3.63) is 107 Å². The van der Waals surface area contributed by atoms with E-state index in [1.807, 2.05) is 72.8 Å². The van der Waals surface area contributed by atoms with Gasteiger partial charge in [0.1, 0.15) is 0 Å². The van der Waals surface area contributed by atoms with E-state index in [0.29, 0.717) is 17.5 Å². The lowest BCUT2D eigenvalue weighted by Crippen LogP contribution is -2.40. The summed E-state index contributed by atoms with van der Waals surface area (Å²) in [7, 11) is 2.99. The summed E-state index contributed by atoms with van der Waals surface area (Å²) in [6, 6.07) is 27.0. The zero-order valence-electron chi connectivity index (χ0n) is 15.0. The Morgan fingerprint density at radius 3 is 1.92 bits per heavy atom. The SMILES string of the molecule is COC(OC)(C(=O)c1ccccc1Cc1ccccc1)c1ccccc1. The maximum Gasteiger partial charge on any atom is 0.260 e. The minimum Gasteiger partial charge on any atom is -0.343 e. The summed E-state index contributed by atoms with van der Waals surface area (Å²) in [5.74, 6) is -1.67. The van der Waals surface area contributed by atoms with Crippen LogP contribution >= 0.6 is 0 Å². The van der Waals surface area contributed by atoms with Crippen molar-refractivity contribution >= 4 is 5.78 Å². The molecule has 0 atom stereocenters. The Morgan fingerprint density at radius 1 is 0.769 bits per heavy atom. The van der Waals surface area contributed by atoms with Gasteiger partial charge in [-0.05, 0) is 17.5 Å². The van der Waals surface area contributed by atoms with E-state index in [0.717, 1.165) is 11.1 Å². The van der Waals surface area contributed by atoms with Gasteiger partial charge in [-0.1, -0.05) is 84.9 Å². The molecule has 0 heterocycles. The second kappa shape index (κ2) is 8.09. The molecular formula is C23H22O3. The fraction of sp³-hybridized carbons (Fsp3) is 0.174. The molecule has 0 spiro atoms. The van der Waals surface area contributed by atoms with Crippen molar-refractivity contribution in [2.24, 2.45) is 0 Å². The van der Waals surface area contributed by atoms with E-state index in [2.05, 4.69) is 12.1 Å². The molecule has 3 heteroatoms. The van der Waals surface area contributed by atoms with Crippen molar-refractivity contribution in [1.29, 1.82) is 0 Å². The molecule has 0 N–H and O–H groups in total. The van der Waals surface area contributed by atoms with Crippen LogP contribution in [0.4, 0.5) is 0 Å². The molecule has 0 radical (unpaired) electrons. The number of methoxy groups -OCH3 is 2. The summed E-state index contributed by atoms with van der Waals surface area (Å²) < 4.78 is 11.2. The van der Waals surface area contributed by atoms with Gasteiger partial charge in [-0.3, -0.25) is 4.79 Å². The first-order chi connectivity index (χ1) is 12.7. The lowest BCUT2D eigenvalue weighted by Gasteiger charge is -2.30. The van der Waals surface area contributed by atoms with Gasteiger partial charge in [0.25, 0.3) is 5.79 Å². The molecule has 0 saturated heterocycles. The van der Waals surface area contributed by atoms with Crippen molar-refractivity contribution in [1.82, 2.24) is 0 Å². The lowest BCUT2D eigenvalue weighted by molar-refractivity contribution is -0.176. The number of ketones is 1. The molecule has 0 bridgehead atoms. The fourth-order valence-electron chi connectivity index (χ4n) is 3.18. The largest absolute Gasteiger partial charge is 0.343 e. The highest BCUT2D eigenvalue weighted by atomic mass is 16.7. The summed E-state index contributed by atoms with van der Waals surface area (Å²) in [5.41, 5.74) is 3.36. The molecule has 0 aliphatic rings. The minimum absolute atomic E-state index is 0.208. The van der Waals surface area contributed by atoms with Gasteiger partial charge in [0.05, 0.1) is 0 Å². The van der Waals surface area contributed by atoms with Crippen LogP contribution in [-0.4, -0.2) is 20.0 Å². The van der Waals surface area contributed by atoms with Crippen LogP contribution in [0.25, 0.3) is 0 Å². The van der Waals surface area contributed by atoms with Crippen LogP contribution in [0.5, 0.6) is 0 Å². The monoisotopic (exact) mass is 346 g/mol. The Kier molecular flexibility index (Phi) is 5.61. The molecule has 0 unspecified atom stereocenters. The summed E-state index contributed by atoms with van der Waals surface area (Å²) >= 11 is 0. The van der Waals surface area contributed by atoms with Crippen molar-refractivity contribution < 1.29 is 14.3 Å². The van der Waals surface area contributed by atoms with Gasteiger partial charge in [0, 0.05) is 25.3 Å². The van der Waals surface area contributed by atoms with Gasteiger partial charge in [0.15, 0.2) is 0 Å². The van der Waals surface area contributed by atoms with Crippen LogP contribution in [0.1, 0.15) is 27.0 Å². The quantitative estimate of drug-likeness (QED) is 0.463. The van der Waals surface area contributed by atoms with Crippen LogP contribution in [0, 0.1) is 0 Å². The molecule has 0 fully saturated rings. The summed E-state index contributed by atoms with van der Waals surface area (Å²) in [5, 5.41) is 0. The first kappa shape index (κ1) is 18.1. The van der Waals surface area contributed by atoms with Crippen LogP contribution in [0.15, 0.2) is 84.9 Å². The first-order valence-corrected chi connectivity index (χ1v) is 8.53. The Balaban J connectivity index is 2.03. The van der Waals surface area contributed by atoms with Gasteiger partial charge in [-0.15, -0.1) is 0 Å². The molecule has 132 valence electrons. The molecule has 0 aliphatic carbocycles. The van der Waals surface area contributed by atoms with Crippen LogP contribution in [0.3, 0.4) is 0 Å². The summed E-state index contributed by atoms with van der Waals surface area (Å²) in [4.78, 5) is 13.5. The van der Waals surface area contributed by atoms with Crippen molar-refractivity contribution in [2.45, 2.75) is 12.2 Å². The van der Waals surface area contributed by atoms with E-state index in [1.54, 1.807) is 0 Å². The second-order valence-corrected chi connectivity index (χ2v) is 6.04. The number of carbonyl (C=O) groups excluding carboxylic acids is 1. The highest BCUT2D eigenvalue weighted by Crippen LogP contribution is 2.32. The summed E-state index contributed by atoms with van der Waals surface area (Å²) in [6.45, 7) is 0. The molecule has 0 aromatic heterocycles. The van der Waals surface area contributed by atoms with Gasteiger partial charge in [-0.2, -0.15) is 0 Å². The Morgan fingerprint density at radius 2 is 1.31 bits per heavy atom. The molecule has 0 aliphatic heterocycles. The third kappa shape index (κ3) is 3.45. The molecule has 3 nitrogen and oxygen atoms in total. The zero-order valence-corrected chi connectivity index (χ0v) is 15.0. The van der Waals surface area contributed by atoms with E-state index in [4.69, 9.17) is 9.47 Å². The minimum atomic E-state index is -1.46. The average molecular weight is 346 g/mol. The predicted molar refractivity (Wildman–Crippen MR) is 102 cm³/mol. The smallest absolute Gasteiger partial charge is 0.260 e. The molecular weight excluding hydrogens is 324 g/mol. The van der Waals surface area contributed by atoms with Gasteiger partial charge in [0.2, 0.25) is 5.78 Å². The third-order valence-corrected chi connectivity index (χ3v) is 4.53. The number of benzene rings is 3. The highest BCUT2D eigenvalue weighted by molar-refractivity contribution is 6.03. The average Bonchev–Trinajstić information content (AvgIpc) is 2.71. The lowest BCUT2D eigenvalue weighted by atomic mass is 9.90. The second-order valence-electron chi connectivity index (χ2n) is 6.04. The van der Waals surface area contributed by atoms with Gasteiger partial charge < -0.3 is 9.47 Å². The van der Waals surface area contributed by atoms with E-state index in [1.165, 1.54) is 14.2 Å². The summed E-state index contributed by atoms with van der Waals surface area (Å²) in [6.07, 6.45) is 0.668. The van der Waals surface area contributed by atoms with E-state index in [9.17, 15) is 4.79 Å². The number of Topliss-reactive ketones (excluding diaryl/α,β-unsaturated/α-hetero) is 1. The van der Waals surface area contributed by atoms with E-state index in [-0.39, 0.29) is 5.78 Å².